The third-order valence-corrected chi connectivity index (χ3v) is 4.40. The first-order chi connectivity index (χ1) is 10.7. The molecule has 0 radical (unpaired) electrons. The number of hydrogen-bond donors (Lipinski definition) is 0. The third kappa shape index (κ3) is 2.99. The van der Waals surface area contributed by atoms with Crippen molar-refractivity contribution in [1.29, 1.82) is 0 Å². The summed E-state index contributed by atoms with van der Waals surface area (Å²) in [6.45, 7) is 6.33. The van der Waals surface area contributed by atoms with Crippen LogP contribution in [0.3, 0.4) is 0 Å². The summed E-state index contributed by atoms with van der Waals surface area (Å²) >= 11 is 0. The summed E-state index contributed by atoms with van der Waals surface area (Å²) in [5.74, 6) is 1.23. The molecule has 1 aliphatic rings. The van der Waals surface area contributed by atoms with Crippen molar-refractivity contribution in [2.24, 2.45) is 5.92 Å². The van der Waals surface area contributed by atoms with Crippen molar-refractivity contribution in [1.82, 2.24) is 14.5 Å². The maximum atomic E-state index is 12.6. The lowest BCUT2D eigenvalue weighted by Crippen LogP contribution is -2.27. The molecule has 2 heterocycles. The summed E-state index contributed by atoms with van der Waals surface area (Å²) in [7, 11) is 1.61. The van der Waals surface area contributed by atoms with Gasteiger partial charge in [-0.3, -0.25) is 9.36 Å². The van der Waals surface area contributed by atoms with E-state index in [0.717, 1.165) is 38.1 Å². The molecule has 0 bridgehead atoms. The van der Waals surface area contributed by atoms with Crippen molar-refractivity contribution < 1.29 is 4.74 Å². The molecule has 5 nitrogen and oxygen atoms in total. The number of aromatic nitrogens is 2. The lowest BCUT2D eigenvalue weighted by Gasteiger charge is -2.15. The van der Waals surface area contributed by atoms with Gasteiger partial charge in [0.05, 0.1) is 24.3 Å². The largest absolute Gasteiger partial charge is 0.497 e. The fourth-order valence-corrected chi connectivity index (χ4v) is 3.25. The molecule has 22 heavy (non-hydrogen) atoms. The van der Waals surface area contributed by atoms with Crippen molar-refractivity contribution in [3.05, 3.63) is 34.9 Å². The van der Waals surface area contributed by atoms with Crippen LogP contribution in [0.5, 0.6) is 5.75 Å². The number of hydrogen-bond acceptors (Lipinski definition) is 4. The molecule has 0 saturated carbocycles. The van der Waals surface area contributed by atoms with Crippen molar-refractivity contribution >= 4 is 10.9 Å². The molecule has 0 unspecified atom stereocenters. The Balaban J connectivity index is 1.82. The minimum Gasteiger partial charge on any atom is -0.497 e. The van der Waals surface area contributed by atoms with Gasteiger partial charge in [0.25, 0.3) is 5.56 Å². The van der Waals surface area contributed by atoms with Crippen LogP contribution in [0.4, 0.5) is 0 Å². The van der Waals surface area contributed by atoms with E-state index in [1.54, 1.807) is 24.1 Å². The van der Waals surface area contributed by atoms with Crippen LogP contribution in [0.1, 0.15) is 19.8 Å². The molecule has 0 amide bonds. The van der Waals surface area contributed by atoms with Gasteiger partial charge in [0.15, 0.2) is 0 Å². The van der Waals surface area contributed by atoms with Crippen LogP contribution >= 0.6 is 0 Å². The molecule has 1 aromatic heterocycles. The van der Waals surface area contributed by atoms with Gasteiger partial charge < -0.3 is 9.64 Å². The van der Waals surface area contributed by atoms with E-state index in [9.17, 15) is 4.79 Å². The Morgan fingerprint density at radius 1 is 1.41 bits per heavy atom. The highest BCUT2D eigenvalue weighted by Gasteiger charge is 2.22. The van der Waals surface area contributed by atoms with E-state index in [1.807, 2.05) is 12.1 Å². The van der Waals surface area contributed by atoms with E-state index in [0.29, 0.717) is 17.1 Å². The van der Waals surface area contributed by atoms with Crippen LogP contribution in [0.2, 0.25) is 0 Å². The maximum absolute atomic E-state index is 12.6. The predicted octanol–water partition coefficient (Wildman–Crippen LogP) is 2.14. The van der Waals surface area contributed by atoms with Crippen LogP contribution in [-0.4, -0.2) is 41.2 Å². The van der Waals surface area contributed by atoms with Crippen LogP contribution in [-0.2, 0) is 6.54 Å². The lowest BCUT2D eigenvalue weighted by molar-refractivity contribution is 0.316. The quantitative estimate of drug-likeness (QED) is 0.849. The molecule has 0 spiro atoms. The van der Waals surface area contributed by atoms with Crippen LogP contribution < -0.4 is 10.3 Å². The topological polar surface area (TPSA) is 47.4 Å². The second-order valence-corrected chi connectivity index (χ2v) is 6.04. The van der Waals surface area contributed by atoms with Crippen molar-refractivity contribution in [3.8, 4) is 5.75 Å². The van der Waals surface area contributed by atoms with E-state index >= 15 is 0 Å². The van der Waals surface area contributed by atoms with E-state index in [2.05, 4.69) is 16.8 Å². The van der Waals surface area contributed by atoms with E-state index in [4.69, 9.17) is 4.74 Å². The Morgan fingerprint density at radius 3 is 3.05 bits per heavy atom. The van der Waals surface area contributed by atoms with Gasteiger partial charge in [0, 0.05) is 13.1 Å². The lowest BCUT2D eigenvalue weighted by atomic mass is 10.1. The number of benzene rings is 1. The summed E-state index contributed by atoms with van der Waals surface area (Å²) in [4.78, 5) is 19.5. The normalized spacial score (nSPS) is 18.9. The summed E-state index contributed by atoms with van der Waals surface area (Å²) in [5, 5.41) is 0.630. The molecule has 1 aromatic carbocycles. The fourth-order valence-electron chi connectivity index (χ4n) is 3.25. The molecular formula is C17H23N3O2. The summed E-state index contributed by atoms with van der Waals surface area (Å²) in [6, 6.07) is 5.44. The van der Waals surface area contributed by atoms with Gasteiger partial charge in [0.1, 0.15) is 5.75 Å². The molecule has 0 N–H and O–H groups in total. The number of nitrogens with zero attached hydrogens (tertiary/aromatic N) is 3. The number of fused-ring (bicyclic) bond motifs is 1. The molecule has 0 aliphatic carbocycles. The van der Waals surface area contributed by atoms with E-state index < -0.39 is 0 Å². The minimum atomic E-state index is 0.0258. The highest BCUT2D eigenvalue weighted by molar-refractivity contribution is 5.78. The zero-order valence-electron chi connectivity index (χ0n) is 13.3. The Morgan fingerprint density at radius 2 is 2.27 bits per heavy atom. The molecule has 1 aliphatic heterocycles. The number of ether oxygens (including phenoxy) is 1. The number of likely N-dealkylation sites (tertiary alicyclic amines) is 1. The standard InChI is InChI=1S/C17H23N3O2/c1-3-7-19-8-6-13(10-19)11-20-12-18-16-5-4-14(22-2)9-15(16)17(20)21/h4-5,9,12-13H,3,6-8,10-11H2,1-2H3/t13-/m1/s1. The molecule has 2 aromatic rings. The molecule has 5 heteroatoms. The van der Waals surface area contributed by atoms with Gasteiger partial charge in [0.2, 0.25) is 0 Å². The van der Waals surface area contributed by atoms with E-state index in [1.165, 1.54) is 6.42 Å². The average molecular weight is 301 g/mol. The van der Waals surface area contributed by atoms with Crippen molar-refractivity contribution in [2.45, 2.75) is 26.3 Å². The molecule has 3 rings (SSSR count). The Kier molecular flexibility index (Phi) is 4.43. The average Bonchev–Trinajstić information content (AvgIpc) is 2.97. The third-order valence-electron chi connectivity index (χ3n) is 4.40. The molecule has 118 valence electrons. The first-order valence-electron chi connectivity index (χ1n) is 7.96. The zero-order valence-corrected chi connectivity index (χ0v) is 13.3. The molecule has 1 atom stereocenters. The van der Waals surface area contributed by atoms with Crippen LogP contribution in [0.25, 0.3) is 10.9 Å². The fraction of sp³-hybridized carbons (Fsp3) is 0.529. The van der Waals surface area contributed by atoms with Crippen LogP contribution in [0.15, 0.2) is 29.3 Å². The first-order valence-corrected chi connectivity index (χ1v) is 7.96. The summed E-state index contributed by atoms with van der Waals surface area (Å²) in [6.07, 6.45) is 4.02. The summed E-state index contributed by atoms with van der Waals surface area (Å²) < 4.78 is 6.96. The molecule has 1 fully saturated rings. The first kappa shape index (κ1) is 15.0. The molecular weight excluding hydrogens is 278 g/mol. The van der Waals surface area contributed by atoms with Gasteiger partial charge in [-0.15, -0.1) is 0 Å². The minimum absolute atomic E-state index is 0.0258. The zero-order chi connectivity index (χ0) is 15.5. The number of rotatable bonds is 5. The Hall–Kier alpha value is -1.88. The predicted molar refractivity (Wildman–Crippen MR) is 87.4 cm³/mol. The summed E-state index contributed by atoms with van der Waals surface area (Å²) in [5.41, 5.74) is 0.749. The number of methoxy groups -OCH3 is 1. The van der Waals surface area contributed by atoms with Crippen molar-refractivity contribution in [2.75, 3.05) is 26.7 Å². The SMILES string of the molecule is CCCN1CC[C@@H](Cn2cnc3ccc(OC)cc3c2=O)C1. The second-order valence-electron chi connectivity index (χ2n) is 6.04. The van der Waals surface area contributed by atoms with Gasteiger partial charge in [-0.1, -0.05) is 6.92 Å². The maximum Gasteiger partial charge on any atom is 0.261 e. The second kappa shape index (κ2) is 6.48. The van der Waals surface area contributed by atoms with Gasteiger partial charge in [-0.2, -0.15) is 0 Å². The van der Waals surface area contributed by atoms with Crippen LogP contribution in [0, 0.1) is 5.92 Å². The van der Waals surface area contributed by atoms with Crippen molar-refractivity contribution in [3.63, 3.8) is 0 Å². The van der Waals surface area contributed by atoms with Gasteiger partial charge >= 0.3 is 0 Å². The highest BCUT2D eigenvalue weighted by Crippen LogP contribution is 2.19. The highest BCUT2D eigenvalue weighted by atomic mass is 16.5. The van der Waals surface area contributed by atoms with Gasteiger partial charge in [-0.25, -0.2) is 4.98 Å². The smallest absolute Gasteiger partial charge is 0.261 e. The van der Waals surface area contributed by atoms with E-state index in [-0.39, 0.29) is 5.56 Å². The van der Waals surface area contributed by atoms with Gasteiger partial charge in [-0.05, 0) is 50.0 Å². The Labute approximate surface area is 130 Å². The molecule has 1 saturated heterocycles. The monoisotopic (exact) mass is 301 g/mol. The Bertz CT molecular complexity index is 711.